The molecule has 0 bridgehead atoms. The molecule has 78 valence electrons. The largest absolute Gasteiger partial charge is 0.347 e. The Morgan fingerprint density at radius 2 is 2.14 bits per heavy atom. The van der Waals surface area contributed by atoms with Crippen LogP contribution in [0.2, 0.25) is 0 Å². The second-order valence-electron chi connectivity index (χ2n) is 4.11. The molecule has 1 fully saturated rings. The minimum Gasteiger partial charge on any atom is -0.347 e. The highest BCUT2D eigenvalue weighted by Gasteiger charge is 2.24. The Labute approximate surface area is 84.7 Å². The summed E-state index contributed by atoms with van der Waals surface area (Å²) in [5.41, 5.74) is 1.20. The molecule has 1 aliphatic rings. The average molecular weight is 194 g/mol. The number of imidazole rings is 1. The first kappa shape index (κ1) is 9.68. The van der Waals surface area contributed by atoms with Crippen LogP contribution < -0.4 is 5.32 Å². The van der Waals surface area contributed by atoms with Crippen LogP contribution in [0, 0.1) is 0 Å². The average Bonchev–Trinajstić information content (AvgIpc) is 2.64. The molecule has 0 radical (unpaired) electrons. The molecule has 1 aliphatic heterocycles. The fourth-order valence-electron chi connectivity index (χ4n) is 2.05. The van der Waals surface area contributed by atoms with Crippen LogP contribution in [-0.4, -0.2) is 40.0 Å². The molecule has 4 nitrogen and oxygen atoms in total. The Morgan fingerprint density at radius 3 is 2.71 bits per heavy atom. The van der Waals surface area contributed by atoms with E-state index in [0.29, 0.717) is 12.1 Å². The Morgan fingerprint density at radius 1 is 1.43 bits per heavy atom. The standard InChI is InChI=1S/C10H18N4/c1-8-3-11-4-9(2)14(8)6-10-5-12-7-13-10/h5,7-9,11H,3-4,6H2,1-2H3,(H,12,13). The fraction of sp³-hybridized carbons (Fsp3) is 0.700. The topological polar surface area (TPSA) is 44.0 Å². The van der Waals surface area contributed by atoms with Crippen molar-refractivity contribution in [3.63, 3.8) is 0 Å². The SMILES string of the molecule is CC1CNCC(C)N1Cc1cnc[nH]1. The highest BCUT2D eigenvalue weighted by atomic mass is 15.2. The maximum absolute atomic E-state index is 4.04. The summed E-state index contributed by atoms with van der Waals surface area (Å²) < 4.78 is 0. The first-order valence-corrected chi connectivity index (χ1v) is 5.21. The van der Waals surface area contributed by atoms with Crippen LogP contribution in [0.3, 0.4) is 0 Å². The number of aromatic amines is 1. The summed E-state index contributed by atoms with van der Waals surface area (Å²) in [6.07, 6.45) is 3.65. The molecule has 1 aromatic heterocycles. The molecular formula is C10H18N4. The number of rotatable bonds is 2. The van der Waals surface area contributed by atoms with Gasteiger partial charge in [0.15, 0.2) is 0 Å². The summed E-state index contributed by atoms with van der Waals surface area (Å²) in [5.74, 6) is 0. The summed E-state index contributed by atoms with van der Waals surface area (Å²) in [4.78, 5) is 9.70. The van der Waals surface area contributed by atoms with E-state index in [1.807, 2.05) is 6.20 Å². The Balaban J connectivity index is 2.01. The van der Waals surface area contributed by atoms with Crippen LogP contribution in [0.1, 0.15) is 19.5 Å². The van der Waals surface area contributed by atoms with Crippen molar-refractivity contribution in [1.82, 2.24) is 20.2 Å². The third kappa shape index (κ3) is 1.96. The van der Waals surface area contributed by atoms with Crippen molar-refractivity contribution in [2.75, 3.05) is 13.1 Å². The van der Waals surface area contributed by atoms with Crippen molar-refractivity contribution < 1.29 is 0 Å². The van der Waals surface area contributed by atoms with E-state index in [-0.39, 0.29) is 0 Å². The van der Waals surface area contributed by atoms with E-state index in [1.165, 1.54) is 5.69 Å². The number of aromatic nitrogens is 2. The van der Waals surface area contributed by atoms with Crippen molar-refractivity contribution in [2.24, 2.45) is 0 Å². The van der Waals surface area contributed by atoms with Gasteiger partial charge in [0.05, 0.1) is 6.33 Å². The number of hydrogen-bond acceptors (Lipinski definition) is 3. The summed E-state index contributed by atoms with van der Waals surface area (Å²) in [7, 11) is 0. The summed E-state index contributed by atoms with van der Waals surface area (Å²) >= 11 is 0. The fourth-order valence-corrected chi connectivity index (χ4v) is 2.05. The van der Waals surface area contributed by atoms with Gasteiger partial charge in [0, 0.05) is 43.6 Å². The predicted molar refractivity (Wildman–Crippen MR) is 55.9 cm³/mol. The van der Waals surface area contributed by atoms with Gasteiger partial charge in [-0.1, -0.05) is 0 Å². The Bertz CT molecular complexity index is 260. The first-order valence-electron chi connectivity index (χ1n) is 5.21. The first-order chi connectivity index (χ1) is 6.77. The molecule has 2 rings (SSSR count). The lowest BCUT2D eigenvalue weighted by Gasteiger charge is -2.39. The molecule has 1 saturated heterocycles. The molecule has 2 unspecified atom stereocenters. The Hall–Kier alpha value is -0.870. The third-order valence-electron chi connectivity index (χ3n) is 2.92. The number of nitrogens with zero attached hydrogens (tertiary/aromatic N) is 2. The lowest BCUT2D eigenvalue weighted by molar-refractivity contribution is 0.107. The lowest BCUT2D eigenvalue weighted by Crippen LogP contribution is -2.54. The van der Waals surface area contributed by atoms with Crippen LogP contribution in [0.4, 0.5) is 0 Å². The van der Waals surface area contributed by atoms with E-state index in [1.54, 1.807) is 6.33 Å². The van der Waals surface area contributed by atoms with Crippen LogP contribution >= 0.6 is 0 Å². The second-order valence-corrected chi connectivity index (χ2v) is 4.11. The van der Waals surface area contributed by atoms with E-state index < -0.39 is 0 Å². The van der Waals surface area contributed by atoms with Gasteiger partial charge in [-0.05, 0) is 13.8 Å². The van der Waals surface area contributed by atoms with Gasteiger partial charge in [-0.15, -0.1) is 0 Å². The summed E-state index contributed by atoms with van der Waals surface area (Å²) in [5, 5.41) is 3.43. The molecule has 2 N–H and O–H groups in total. The van der Waals surface area contributed by atoms with Crippen molar-refractivity contribution >= 4 is 0 Å². The normalized spacial score (nSPS) is 29.3. The molecule has 14 heavy (non-hydrogen) atoms. The van der Waals surface area contributed by atoms with Crippen molar-refractivity contribution in [2.45, 2.75) is 32.5 Å². The third-order valence-corrected chi connectivity index (χ3v) is 2.92. The highest BCUT2D eigenvalue weighted by molar-refractivity contribution is 4.96. The van der Waals surface area contributed by atoms with Crippen LogP contribution in [0.25, 0.3) is 0 Å². The molecule has 0 aliphatic carbocycles. The van der Waals surface area contributed by atoms with Gasteiger partial charge in [-0.25, -0.2) is 4.98 Å². The van der Waals surface area contributed by atoms with Crippen LogP contribution in [-0.2, 0) is 6.54 Å². The zero-order valence-corrected chi connectivity index (χ0v) is 8.83. The van der Waals surface area contributed by atoms with Gasteiger partial charge in [0.2, 0.25) is 0 Å². The predicted octanol–water partition coefficient (Wildman–Crippen LogP) is 0.592. The van der Waals surface area contributed by atoms with E-state index >= 15 is 0 Å². The number of nitrogens with one attached hydrogen (secondary N) is 2. The van der Waals surface area contributed by atoms with Crippen molar-refractivity contribution in [3.05, 3.63) is 18.2 Å². The maximum Gasteiger partial charge on any atom is 0.0922 e. The molecule has 1 aromatic rings. The van der Waals surface area contributed by atoms with Crippen molar-refractivity contribution in [1.29, 1.82) is 0 Å². The minimum atomic E-state index is 0.599. The smallest absolute Gasteiger partial charge is 0.0922 e. The van der Waals surface area contributed by atoms with Gasteiger partial charge < -0.3 is 10.3 Å². The van der Waals surface area contributed by atoms with E-state index in [2.05, 4.69) is 34.0 Å². The van der Waals surface area contributed by atoms with Gasteiger partial charge in [0.25, 0.3) is 0 Å². The molecule has 0 saturated carbocycles. The second kappa shape index (κ2) is 4.11. The van der Waals surface area contributed by atoms with Crippen molar-refractivity contribution in [3.8, 4) is 0 Å². The van der Waals surface area contributed by atoms with Crippen LogP contribution in [0.15, 0.2) is 12.5 Å². The Kier molecular flexibility index (Phi) is 2.84. The van der Waals surface area contributed by atoms with Gasteiger partial charge >= 0.3 is 0 Å². The monoisotopic (exact) mass is 194 g/mol. The molecule has 2 heterocycles. The number of hydrogen-bond donors (Lipinski definition) is 2. The molecule has 0 aromatic carbocycles. The van der Waals surface area contributed by atoms with E-state index in [9.17, 15) is 0 Å². The lowest BCUT2D eigenvalue weighted by atomic mass is 10.1. The van der Waals surface area contributed by atoms with Gasteiger partial charge in [-0.3, -0.25) is 4.90 Å². The molecule has 2 atom stereocenters. The molecule has 0 amide bonds. The van der Waals surface area contributed by atoms with Gasteiger partial charge in [-0.2, -0.15) is 0 Å². The molecule has 4 heteroatoms. The van der Waals surface area contributed by atoms with E-state index in [0.717, 1.165) is 19.6 Å². The minimum absolute atomic E-state index is 0.599. The number of H-pyrrole nitrogens is 1. The summed E-state index contributed by atoms with van der Waals surface area (Å²) in [6.45, 7) is 7.67. The van der Waals surface area contributed by atoms with Gasteiger partial charge in [0.1, 0.15) is 0 Å². The zero-order chi connectivity index (χ0) is 9.97. The molecule has 0 spiro atoms. The number of piperazine rings is 1. The van der Waals surface area contributed by atoms with E-state index in [4.69, 9.17) is 0 Å². The quantitative estimate of drug-likeness (QED) is 0.724. The highest BCUT2D eigenvalue weighted by Crippen LogP contribution is 2.12. The summed E-state index contributed by atoms with van der Waals surface area (Å²) in [6, 6.07) is 1.20. The maximum atomic E-state index is 4.04. The molecular weight excluding hydrogens is 176 g/mol. The van der Waals surface area contributed by atoms with Crippen LogP contribution in [0.5, 0.6) is 0 Å². The zero-order valence-electron chi connectivity index (χ0n) is 8.83.